The van der Waals surface area contributed by atoms with Gasteiger partial charge in [-0.05, 0) is 17.7 Å². The number of ether oxygens (including phenoxy) is 1. The van der Waals surface area contributed by atoms with Crippen LogP contribution in [0.1, 0.15) is 12.0 Å². The molecule has 0 amide bonds. The molecule has 2 heteroatoms. The number of benzene rings is 1. The van der Waals surface area contributed by atoms with E-state index in [1.54, 1.807) is 0 Å². The smallest absolute Gasteiger partial charge is 0.131 e. The number of rotatable bonds is 0. The van der Waals surface area contributed by atoms with E-state index in [2.05, 4.69) is 29.3 Å². The third-order valence-corrected chi connectivity index (χ3v) is 3.72. The first-order valence-corrected chi connectivity index (χ1v) is 5.80. The van der Waals surface area contributed by atoms with E-state index in [0.717, 1.165) is 17.9 Å². The maximum Gasteiger partial charge on any atom is 0.131 e. The molecular formula is C15H11NO. The highest BCUT2D eigenvalue weighted by atomic mass is 16.5. The molecule has 0 N–H and O–H groups in total. The molecule has 3 aliphatic rings. The van der Waals surface area contributed by atoms with Gasteiger partial charge in [0.1, 0.15) is 11.5 Å². The number of aliphatic imine (C=N–C) groups is 1. The minimum atomic E-state index is -0.118. The van der Waals surface area contributed by atoms with Gasteiger partial charge in [-0.15, -0.1) is 0 Å². The van der Waals surface area contributed by atoms with Crippen LogP contribution in [-0.4, -0.2) is 6.21 Å². The van der Waals surface area contributed by atoms with Gasteiger partial charge < -0.3 is 4.74 Å². The van der Waals surface area contributed by atoms with Gasteiger partial charge in [0.15, 0.2) is 0 Å². The van der Waals surface area contributed by atoms with E-state index in [4.69, 9.17) is 4.74 Å². The van der Waals surface area contributed by atoms with Crippen molar-refractivity contribution in [1.82, 2.24) is 0 Å². The summed E-state index contributed by atoms with van der Waals surface area (Å²) in [5.74, 6) is 2.00. The molecule has 1 aliphatic carbocycles. The fraction of sp³-hybridized carbons (Fsp3) is 0.133. The topological polar surface area (TPSA) is 21.6 Å². The third kappa shape index (κ3) is 0.978. The predicted molar refractivity (Wildman–Crippen MR) is 67.2 cm³/mol. The zero-order valence-corrected chi connectivity index (χ0v) is 9.26. The van der Waals surface area contributed by atoms with E-state index in [1.807, 2.05) is 30.6 Å². The molecule has 0 fully saturated rings. The van der Waals surface area contributed by atoms with Crippen LogP contribution in [0.5, 0.6) is 5.75 Å². The lowest BCUT2D eigenvalue weighted by Gasteiger charge is -2.32. The SMILES string of the molecule is C1=CC2=CN=CCC23C(=C1)Oc1ccccc13. The van der Waals surface area contributed by atoms with E-state index in [-0.39, 0.29) is 5.41 Å². The highest BCUT2D eigenvalue weighted by Gasteiger charge is 2.48. The Morgan fingerprint density at radius 2 is 2.18 bits per heavy atom. The molecule has 2 aliphatic heterocycles. The van der Waals surface area contributed by atoms with Gasteiger partial charge in [0, 0.05) is 24.4 Å². The zero-order chi connectivity index (χ0) is 11.3. The molecule has 2 heterocycles. The van der Waals surface area contributed by atoms with E-state index >= 15 is 0 Å². The van der Waals surface area contributed by atoms with Crippen LogP contribution in [0, 0.1) is 0 Å². The third-order valence-electron chi connectivity index (χ3n) is 3.72. The molecule has 0 saturated heterocycles. The maximum atomic E-state index is 5.98. The lowest BCUT2D eigenvalue weighted by atomic mass is 9.69. The lowest BCUT2D eigenvalue weighted by Crippen LogP contribution is -2.31. The van der Waals surface area contributed by atoms with Gasteiger partial charge in [-0.3, -0.25) is 4.99 Å². The van der Waals surface area contributed by atoms with Crippen LogP contribution in [0.4, 0.5) is 0 Å². The Bertz CT molecular complexity index is 622. The molecule has 1 unspecified atom stereocenters. The van der Waals surface area contributed by atoms with Crippen molar-refractivity contribution >= 4 is 6.21 Å². The molecule has 17 heavy (non-hydrogen) atoms. The Balaban J connectivity index is 2.05. The summed E-state index contributed by atoms with van der Waals surface area (Å²) in [4.78, 5) is 4.27. The Morgan fingerprint density at radius 1 is 1.24 bits per heavy atom. The number of para-hydroxylation sites is 1. The average molecular weight is 221 g/mol. The average Bonchev–Trinajstić information content (AvgIpc) is 2.71. The summed E-state index contributed by atoms with van der Waals surface area (Å²) in [6, 6.07) is 8.28. The number of hydrogen-bond donors (Lipinski definition) is 0. The van der Waals surface area contributed by atoms with Crippen molar-refractivity contribution < 1.29 is 4.74 Å². The highest BCUT2D eigenvalue weighted by Crippen LogP contribution is 2.54. The minimum Gasteiger partial charge on any atom is -0.460 e. The predicted octanol–water partition coefficient (Wildman–Crippen LogP) is 3.13. The zero-order valence-electron chi connectivity index (χ0n) is 9.26. The van der Waals surface area contributed by atoms with Gasteiger partial charge in [0.2, 0.25) is 0 Å². The molecule has 1 aromatic carbocycles. The summed E-state index contributed by atoms with van der Waals surface area (Å²) in [6.07, 6.45) is 11.0. The Labute approximate surface area is 99.6 Å². The van der Waals surface area contributed by atoms with E-state index in [0.29, 0.717) is 0 Å². The standard InChI is InChI=1S/C15H11NO/c1-2-6-13-12(5-1)15-8-9-16-10-11(15)4-3-7-14(15)17-13/h1-7,9-10H,8H2. The van der Waals surface area contributed by atoms with E-state index < -0.39 is 0 Å². The van der Waals surface area contributed by atoms with Crippen LogP contribution in [-0.2, 0) is 5.41 Å². The normalized spacial score (nSPS) is 27.5. The number of nitrogens with zero attached hydrogens (tertiary/aromatic N) is 1. The Hall–Kier alpha value is -2.09. The minimum absolute atomic E-state index is 0.118. The number of allylic oxidation sites excluding steroid dienone is 4. The maximum absolute atomic E-state index is 5.98. The van der Waals surface area contributed by atoms with Crippen molar-refractivity contribution in [2.45, 2.75) is 11.8 Å². The van der Waals surface area contributed by atoms with Crippen molar-refractivity contribution in [3.63, 3.8) is 0 Å². The van der Waals surface area contributed by atoms with Crippen molar-refractivity contribution in [2.24, 2.45) is 4.99 Å². The molecule has 4 rings (SSSR count). The molecule has 0 aromatic heterocycles. The first-order chi connectivity index (χ1) is 8.41. The fourth-order valence-corrected chi connectivity index (χ4v) is 2.91. The van der Waals surface area contributed by atoms with Gasteiger partial charge in [-0.2, -0.15) is 0 Å². The fourth-order valence-electron chi connectivity index (χ4n) is 2.91. The largest absolute Gasteiger partial charge is 0.460 e. The van der Waals surface area contributed by atoms with Crippen molar-refractivity contribution in [3.05, 3.63) is 65.6 Å². The van der Waals surface area contributed by atoms with Gasteiger partial charge in [0.05, 0.1) is 5.41 Å². The quantitative estimate of drug-likeness (QED) is 0.659. The Kier molecular flexibility index (Phi) is 1.57. The van der Waals surface area contributed by atoms with Gasteiger partial charge in [0.25, 0.3) is 0 Å². The summed E-state index contributed by atoms with van der Waals surface area (Å²) in [5, 5.41) is 0. The molecule has 1 atom stereocenters. The lowest BCUT2D eigenvalue weighted by molar-refractivity contribution is 0.393. The van der Waals surface area contributed by atoms with Crippen molar-refractivity contribution in [2.75, 3.05) is 0 Å². The summed E-state index contributed by atoms with van der Waals surface area (Å²) < 4.78 is 5.98. The summed E-state index contributed by atoms with van der Waals surface area (Å²) >= 11 is 0. The molecule has 0 saturated carbocycles. The molecule has 1 aromatic rings. The first-order valence-electron chi connectivity index (χ1n) is 5.80. The van der Waals surface area contributed by atoms with Gasteiger partial charge in [-0.1, -0.05) is 30.4 Å². The Morgan fingerprint density at radius 3 is 3.18 bits per heavy atom. The number of hydrogen-bond acceptors (Lipinski definition) is 2. The van der Waals surface area contributed by atoms with Crippen LogP contribution in [0.15, 0.2) is 65.0 Å². The molecule has 0 bridgehead atoms. The van der Waals surface area contributed by atoms with Crippen LogP contribution < -0.4 is 4.74 Å². The van der Waals surface area contributed by atoms with Crippen molar-refractivity contribution in [1.29, 1.82) is 0 Å². The first kappa shape index (κ1) is 8.99. The monoisotopic (exact) mass is 221 g/mol. The van der Waals surface area contributed by atoms with Gasteiger partial charge in [-0.25, -0.2) is 0 Å². The second kappa shape index (κ2) is 2.98. The second-order valence-corrected chi connectivity index (χ2v) is 4.51. The van der Waals surface area contributed by atoms with Crippen LogP contribution >= 0.6 is 0 Å². The molecular weight excluding hydrogens is 210 g/mol. The second-order valence-electron chi connectivity index (χ2n) is 4.51. The van der Waals surface area contributed by atoms with Crippen LogP contribution in [0.3, 0.4) is 0 Å². The number of fused-ring (bicyclic) bond motifs is 1. The van der Waals surface area contributed by atoms with Gasteiger partial charge >= 0.3 is 0 Å². The molecule has 2 nitrogen and oxygen atoms in total. The van der Waals surface area contributed by atoms with E-state index in [9.17, 15) is 0 Å². The summed E-state index contributed by atoms with van der Waals surface area (Å²) in [5.41, 5.74) is 2.36. The van der Waals surface area contributed by atoms with E-state index in [1.165, 1.54) is 11.1 Å². The highest BCUT2D eigenvalue weighted by molar-refractivity contribution is 5.73. The van der Waals surface area contributed by atoms with Crippen LogP contribution in [0.25, 0.3) is 0 Å². The molecule has 0 radical (unpaired) electrons. The molecule has 1 spiro atoms. The molecule has 82 valence electrons. The summed E-state index contributed by atoms with van der Waals surface area (Å²) in [7, 11) is 0. The van der Waals surface area contributed by atoms with Crippen molar-refractivity contribution in [3.8, 4) is 5.75 Å². The summed E-state index contributed by atoms with van der Waals surface area (Å²) in [6.45, 7) is 0. The van der Waals surface area contributed by atoms with Crippen LogP contribution in [0.2, 0.25) is 0 Å².